The van der Waals surface area contributed by atoms with Crippen molar-refractivity contribution in [1.29, 1.82) is 0 Å². The van der Waals surface area contributed by atoms with Gasteiger partial charge in [-0.05, 0) is 62.4 Å². The van der Waals surface area contributed by atoms with Crippen LogP contribution in [-0.2, 0) is 10.2 Å². The van der Waals surface area contributed by atoms with E-state index in [1.165, 1.54) is 30.5 Å². The van der Waals surface area contributed by atoms with E-state index in [0.717, 1.165) is 37.2 Å². The number of hydrogen-bond acceptors (Lipinski definition) is 3. The molecular formula is C28H32N2O2. The van der Waals surface area contributed by atoms with Gasteiger partial charge in [0.15, 0.2) is 0 Å². The van der Waals surface area contributed by atoms with Gasteiger partial charge >= 0.3 is 0 Å². The second-order valence-electron chi connectivity index (χ2n) is 10.1. The molecule has 0 aromatic heterocycles. The second kappa shape index (κ2) is 7.21. The molecule has 2 aromatic carbocycles. The van der Waals surface area contributed by atoms with Gasteiger partial charge in [0, 0.05) is 29.8 Å². The number of nitrogens with zero attached hydrogens (tertiary/aromatic N) is 2. The van der Waals surface area contributed by atoms with Gasteiger partial charge in [0.25, 0.3) is 0 Å². The molecule has 4 atom stereocenters. The first-order valence-electron chi connectivity index (χ1n) is 12.1. The molecule has 166 valence electrons. The Morgan fingerprint density at radius 1 is 1.06 bits per heavy atom. The van der Waals surface area contributed by atoms with Crippen LogP contribution in [0.5, 0.6) is 5.75 Å². The Labute approximate surface area is 190 Å². The molecule has 3 aliphatic heterocycles. The first kappa shape index (κ1) is 20.0. The molecule has 1 spiro atoms. The van der Waals surface area contributed by atoms with Crippen molar-refractivity contribution in [2.75, 3.05) is 25.1 Å². The molecular weight excluding hydrogens is 396 g/mol. The average molecular weight is 429 g/mol. The minimum absolute atomic E-state index is 0.0186. The van der Waals surface area contributed by atoms with Gasteiger partial charge in [-0.15, -0.1) is 0 Å². The molecule has 3 fully saturated rings. The highest BCUT2D eigenvalue weighted by molar-refractivity contribution is 5.98. The third kappa shape index (κ3) is 2.56. The fourth-order valence-electron chi connectivity index (χ4n) is 7.81. The first-order chi connectivity index (χ1) is 15.6. The minimum Gasteiger partial charge on any atom is -0.495 e. The average Bonchev–Trinajstić information content (AvgIpc) is 3.36. The van der Waals surface area contributed by atoms with Crippen LogP contribution < -0.4 is 9.64 Å². The Morgan fingerprint density at radius 2 is 1.91 bits per heavy atom. The standard InChI is InChI=1S/C28H32N2O2/c1-20(31)30-24-13-16-27(15-12-21-8-4-3-5-9-21)14-7-18-29-19-17-28(24,26(27)29)22-10-6-11-23(32-2)25(22)30/h3-6,8-12,15,24,26H,7,13-14,16-19H2,1-2H3/b15-12+/t24-,26-,27+,28-/m1/s1. The summed E-state index contributed by atoms with van der Waals surface area (Å²) in [6.45, 7) is 4.00. The molecule has 0 unspecified atom stereocenters. The smallest absolute Gasteiger partial charge is 0.224 e. The summed E-state index contributed by atoms with van der Waals surface area (Å²) in [5.74, 6) is 0.973. The lowest BCUT2D eigenvalue weighted by atomic mass is 9.53. The summed E-state index contributed by atoms with van der Waals surface area (Å²) in [5, 5.41) is 0. The van der Waals surface area contributed by atoms with E-state index in [0.29, 0.717) is 6.04 Å². The van der Waals surface area contributed by atoms with E-state index in [1.54, 1.807) is 14.0 Å². The van der Waals surface area contributed by atoms with Crippen LogP contribution in [0.4, 0.5) is 5.69 Å². The number of carbonyl (C=O) groups excluding carboxylic acids is 1. The number of ether oxygens (including phenoxy) is 1. The molecule has 1 aliphatic carbocycles. The van der Waals surface area contributed by atoms with Crippen LogP contribution >= 0.6 is 0 Å². The lowest BCUT2D eigenvalue weighted by molar-refractivity contribution is -0.117. The van der Waals surface area contributed by atoms with Gasteiger partial charge in [0.2, 0.25) is 5.91 Å². The molecule has 4 heteroatoms. The molecule has 0 N–H and O–H groups in total. The second-order valence-corrected chi connectivity index (χ2v) is 10.1. The zero-order valence-electron chi connectivity index (χ0n) is 19.1. The lowest BCUT2D eigenvalue weighted by Crippen LogP contribution is -2.64. The fourth-order valence-corrected chi connectivity index (χ4v) is 7.81. The van der Waals surface area contributed by atoms with Crippen molar-refractivity contribution in [2.45, 2.75) is 56.5 Å². The number of rotatable bonds is 3. The van der Waals surface area contributed by atoms with Crippen molar-refractivity contribution in [3.05, 3.63) is 65.7 Å². The SMILES string of the molecule is COc1cccc2c1N(C(C)=O)[C@@H]1CC[C@@]3(/C=C/c4ccccc4)CCCN4CC[C@@]21[C@H]43. The van der Waals surface area contributed by atoms with Crippen LogP contribution in [0.2, 0.25) is 0 Å². The van der Waals surface area contributed by atoms with E-state index < -0.39 is 0 Å². The number of methoxy groups -OCH3 is 1. The van der Waals surface area contributed by atoms with Gasteiger partial charge < -0.3 is 9.64 Å². The zero-order chi connectivity index (χ0) is 21.9. The highest BCUT2D eigenvalue weighted by atomic mass is 16.5. The van der Waals surface area contributed by atoms with Crippen molar-refractivity contribution in [3.8, 4) is 5.75 Å². The predicted molar refractivity (Wildman–Crippen MR) is 128 cm³/mol. The lowest BCUT2D eigenvalue weighted by Gasteiger charge is -2.57. The first-order valence-corrected chi connectivity index (χ1v) is 12.1. The number of piperidine rings is 1. The number of hydrogen-bond donors (Lipinski definition) is 0. The summed E-state index contributed by atoms with van der Waals surface area (Å²) in [6, 6.07) is 17.7. The Hall–Kier alpha value is -2.59. The van der Waals surface area contributed by atoms with Crippen LogP contribution in [0.1, 0.15) is 50.2 Å². The van der Waals surface area contributed by atoms with Crippen LogP contribution in [0, 0.1) is 5.41 Å². The molecule has 3 heterocycles. The number of benzene rings is 2. The number of carbonyl (C=O) groups is 1. The van der Waals surface area contributed by atoms with Gasteiger partial charge in [0.05, 0.1) is 12.8 Å². The molecule has 2 saturated heterocycles. The molecule has 2 aromatic rings. The van der Waals surface area contributed by atoms with Crippen LogP contribution in [0.3, 0.4) is 0 Å². The molecule has 1 amide bonds. The summed E-state index contributed by atoms with van der Waals surface area (Å²) < 4.78 is 5.79. The van der Waals surface area contributed by atoms with E-state index in [4.69, 9.17) is 4.74 Å². The molecule has 4 nitrogen and oxygen atoms in total. The van der Waals surface area contributed by atoms with Crippen LogP contribution in [0.25, 0.3) is 6.08 Å². The molecule has 0 radical (unpaired) electrons. The third-order valence-electron chi connectivity index (χ3n) is 8.80. The Bertz CT molecular complexity index is 1080. The van der Waals surface area contributed by atoms with E-state index in [-0.39, 0.29) is 22.8 Å². The van der Waals surface area contributed by atoms with E-state index in [1.807, 2.05) is 6.07 Å². The van der Waals surface area contributed by atoms with E-state index in [9.17, 15) is 4.79 Å². The van der Waals surface area contributed by atoms with Gasteiger partial charge in [-0.25, -0.2) is 0 Å². The highest BCUT2D eigenvalue weighted by Crippen LogP contribution is 2.66. The van der Waals surface area contributed by atoms with Crippen molar-refractivity contribution < 1.29 is 9.53 Å². The van der Waals surface area contributed by atoms with Gasteiger partial charge in [-0.3, -0.25) is 9.69 Å². The summed E-state index contributed by atoms with van der Waals surface area (Å²) in [6.07, 6.45) is 10.7. The van der Waals surface area contributed by atoms with Crippen molar-refractivity contribution in [1.82, 2.24) is 4.90 Å². The molecule has 6 rings (SSSR count). The quantitative estimate of drug-likeness (QED) is 0.687. The van der Waals surface area contributed by atoms with Crippen molar-refractivity contribution in [2.24, 2.45) is 5.41 Å². The van der Waals surface area contributed by atoms with Gasteiger partial charge in [-0.1, -0.05) is 54.6 Å². The Morgan fingerprint density at radius 3 is 2.69 bits per heavy atom. The number of fused-ring (bicyclic) bond motifs is 1. The Kier molecular flexibility index (Phi) is 4.52. The summed E-state index contributed by atoms with van der Waals surface area (Å²) in [5.41, 5.74) is 3.77. The highest BCUT2D eigenvalue weighted by Gasteiger charge is 2.68. The maximum Gasteiger partial charge on any atom is 0.224 e. The molecule has 0 bridgehead atoms. The maximum atomic E-state index is 13.0. The fraction of sp³-hybridized carbons (Fsp3) is 0.464. The van der Waals surface area contributed by atoms with Crippen molar-refractivity contribution in [3.63, 3.8) is 0 Å². The van der Waals surface area contributed by atoms with E-state index >= 15 is 0 Å². The van der Waals surface area contributed by atoms with Crippen LogP contribution in [0.15, 0.2) is 54.6 Å². The predicted octanol–water partition coefficient (Wildman–Crippen LogP) is 5.03. The molecule has 1 saturated carbocycles. The summed E-state index contributed by atoms with van der Waals surface area (Å²) in [7, 11) is 1.72. The molecule has 4 aliphatic rings. The Balaban J connectivity index is 1.53. The van der Waals surface area contributed by atoms with Crippen LogP contribution in [-0.4, -0.2) is 43.1 Å². The minimum atomic E-state index is -0.0186. The monoisotopic (exact) mass is 428 g/mol. The summed E-state index contributed by atoms with van der Waals surface area (Å²) in [4.78, 5) is 17.8. The largest absolute Gasteiger partial charge is 0.495 e. The van der Waals surface area contributed by atoms with Gasteiger partial charge in [0.1, 0.15) is 5.75 Å². The van der Waals surface area contributed by atoms with Crippen molar-refractivity contribution >= 4 is 17.7 Å². The zero-order valence-corrected chi connectivity index (χ0v) is 19.1. The summed E-state index contributed by atoms with van der Waals surface area (Å²) >= 11 is 0. The van der Waals surface area contributed by atoms with E-state index in [2.05, 4.69) is 64.4 Å². The van der Waals surface area contributed by atoms with Gasteiger partial charge in [-0.2, -0.15) is 0 Å². The number of para-hydroxylation sites is 1. The molecule has 32 heavy (non-hydrogen) atoms. The topological polar surface area (TPSA) is 32.8 Å². The third-order valence-corrected chi connectivity index (χ3v) is 8.80. The number of anilines is 1. The normalized spacial score (nSPS) is 33.1. The maximum absolute atomic E-state index is 13.0. The number of amides is 1.